The summed E-state index contributed by atoms with van der Waals surface area (Å²) in [6, 6.07) is 0. The van der Waals surface area contributed by atoms with Gasteiger partial charge in [-0.2, -0.15) is 0 Å². The van der Waals surface area contributed by atoms with Crippen LogP contribution in [0.25, 0.3) is 0 Å². The molecule has 0 aromatic carbocycles. The van der Waals surface area contributed by atoms with Gasteiger partial charge in [0.25, 0.3) is 0 Å². The van der Waals surface area contributed by atoms with Crippen LogP contribution >= 0.6 is 0 Å². The van der Waals surface area contributed by atoms with E-state index in [0.717, 1.165) is 173 Å². The minimum absolute atomic E-state index is 0.111. The Bertz CT molecular complexity index is 1790. The van der Waals surface area contributed by atoms with Gasteiger partial charge in [-0.1, -0.05) is 242 Å². The maximum absolute atomic E-state index is 12.9. The normalized spacial score (nSPS) is 13.3. The van der Waals surface area contributed by atoms with E-state index in [1.807, 2.05) is 0 Å². The molecular weight excluding hydrogens is 949 g/mol. The van der Waals surface area contributed by atoms with Crippen LogP contribution in [0.3, 0.4) is 0 Å². The third-order valence-corrected chi connectivity index (χ3v) is 12.2. The van der Waals surface area contributed by atoms with Crippen LogP contribution in [0.2, 0.25) is 0 Å². The number of rotatable bonds is 53. The van der Waals surface area contributed by atoms with E-state index in [1.165, 1.54) is 25.7 Å². The van der Waals surface area contributed by atoms with Gasteiger partial charge in [-0.15, -0.1) is 0 Å². The van der Waals surface area contributed by atoms with Crippen LogP contribution in [0.5, 0.6) is 0 Å². The monoisotopic (exact) mass is 1060 g/mol. The van der Waals surface area contributed by atoms with Crippen molar-refractivity contribution >= 4 is 17.9 Å². The summed E-state index contributed by atoms with van der Waals surface area (Å²) >= 11 is 0. The highest BCUT2D eigenvalue weighted by molar-refractivity contribution is 5.71. The first-order chi connectivity index (χ1) is 38.0. The number of allylic oxidation sites excluding steroid dienone is 28. The molecule has 6 heteroatoms. The Morgan fingerprint density at radius 2 is 0.506 bits per heavy atom. The molecule has 0 amide bonds. The Morgan fingerprint density at radius 1 is 0.273 bits per heavy atom. The highest BCUT2D eigenvalue weighted by Gasteiger charge is 2.19. The summed E-state index contributed by atoms with van der Waals surface area (Å²) in [5.41, 5.74) is 0. The van der Waals surface area contributed by atoms with E-state index in [2.05, 4.69) is 191 Å². The number of esters is 3. The van der Waals surface area contributed by atoms with Crippen LogP contribution < -0.4 is 0 Å². The molecule has 0 radical (unpaired) electrons. The molecule has 0 aliphatic rings. The Labute approximate surface area is 472 Å². The lowest BCUT2D eigenvalue weighted by Gasteiger charge is -2.18. The van der Waals surface area contributed by atoms with Gasteiger partial charge < -0.3 is 14.2 Å². The lowest BCUT2D eigenvalue weighted by atomic mass is 10.1. The lowest BCUT2D eigenvalue weighted by Crippen LogP contribution is -2.30. The number of carbonyl (C=O) groups is 3. The topological polar surface area (TPSA) is 78.9 Å². The van der Waals surface area contributed by atoms with Crippen molar-refractivity contribution in [1.82, 2.24) is 0 Å². The third-order valence-electron chi connectivity index (χ3n) is 12.2. The predicted octanol–water partition coefficient (Wildman–Crippen LogP) is 21.1. The third kappa shape index (κ3) is 61.5. The van der Waals surface area contributed by atoms with E-state index in [0.29, 0.717) is 12.8 Å². The van der Waals surface area contributed by atoms with Gasteiger partial charge in [-0.3, -0.25) is 14.4 Å². The zero-order valence-electron chi connectivity index (χ0n) is 49.1. The SMILES string of the molecule is CC/C=C\C/C=C\C/C=C\C/C=C\C/C=C\C/C=C\C/C=C\C/C=C\C/C=C\CCCCCC(=O)OCC(COC(=O)CCCCCCC/C=C\CCCC)OC(=O)CCCCCC/C=C\C/C=C\C/C=C\C/C=C\CC. The van der Waals surface area contributed by atoms with E-state index in [9.17, 15) is 14.4 Å². The summed E-state index contributed by atoms with van der Waals surface area (Å²) in [4.78, 5) is 38.2. The molecule has 0 saturated heterocycles. The molecule has 6 nitrogen and oxygen atoms in total. The average Bonchev–Trinajstić information content (AvgIpc) is 3.43. The zero-order valence-corrected chi connectivity index (χ0v) is 49.1. The Morgan fingerprint density at radius 3 is 0.818 bits per heavy atom. The quantitative estimate of drug-likeness (QED) is 0.0261. The van der Waals surface area contributed by atoms with Gasteiger partial charge in [-0.05, 0) is 148 Å². The second-order valence-corrected chi connectivity index (χ2v) is 19.5. The molecule has 1 atom stereocenters. The molecule has 0 aromatic heterocycles. The van der Waals surface area contributed by atoms with Gasteiger partial charge in [0.05, 0.1) is 0 Å². The van der Waals surface area contributed by atoms with Crippen LogP contribution in [0.1, 0.15) is 239 Å². The molecule has 0 bridgehead atoms. The fourth-order valence-electron chi connectivity index (χ4n) is 7.64. The second kappa shape index (κ2) is 63.3. The van der Waals surface area contributed by atoms with Crippen molar-refractivity contribution in [3.05, 3.63) is 170 Å². The number of hydrogen-bond acceptors (Lipinski definition) is 6. The van der Waals surface area contributed by atoms with Crippen molar-refractivity contribution in [3.8, 4) is 0 Å². The van der Waals surface area contributed by atoms with E-state index >= 15 is 0 Å². The van der Waals surface area contributed by atoms with Crippen molar-refractivity contribution in [2.45, 2.75) is 245 Å². The van der Waals surface area contributed by atoms with Crippen LogP contribution in [0.4, 0.5) is 0 Å². The van der Waals surface area contributed by atoms with Gasteiger partial charge >= 0.3 is 17.9 Å². The molecule has 1 unspecified atom stereocenters. The minimum Gasteiger partial charge on any atom is -0.462 e. The highest BCUT2D eigenvalue weighted by Crippen LogP contribution is 2.13. The van der Waals surface area contributed by atoms with Gasteiger partial charge in [0.2, 0.25) is 0 Å². The predicted molar refractivity (Wildman–Crippen MR) is 334 cm³/mol. The van der Waals surface area contributed by atoms with Crippen LogP contribution in [0, 0.1) is 0 Å². The van der Waals surface area contributed by atoms with Gasteiger partial charge in [-0.25, -0.2) is 0 Å². The van der Waals surface area contributed by atoms with E-state index in [-0.39, 0.29) is 37.5 Å². The number of carbonyl (C=O) groups excluding carboxylic acids is 3. The first-order valence-electron chi connectivity index (χ1n) is 30.6. The number of unbranched alkanes of at least 4 members (excludes halogenated alkanes) is 14. The molecule has 0 N–H and O–H groups in total. The molecule has 77 heavy (non-hydrogen) atoms. The van der Waals surface area contributed by atoms with Crippen molar-refractivity contribution in [2.75, 3.05) is 13.2 Å². The van der Waals surface area contributed by atoms with Crippen LogP contribution in [-0.2, 0) is 28.6 Å². The van der Waals surface area contributed by atoms with E-state index in [4.69, 9.17) is 14.2 Å². The van der Waals surface area contributed by atoms with E-state index < -0.39 is 6.10 Å². The maximum Gasteiger partial charge on any atom is 0.306 e. The van der Waals surface area contributed by atoms with E-state index in [1.54, 1.807) is 0 Å². The van der Waals surface area contributed by atoms with Crippen molar-refractivity contribution < 1.29 is 28.6 Å². The summed E-state index contributed by atoms with van der Waals surface area (Å²) < 4.78 is 16.8. The van der Waals surface area contributed by atoms with Crippen LogP contribution in [-0.4, -0.2) is 37.2 Å². The largest absolute Gasteiger partial charge is 0.462 e. The number of ether oxygens (including phenoxy) is 3. The average molecular weight is 1060 g/mol. The maximum atomic E-state index is 12.9. The van der Waals surface area contributed by atoms with Gasteiger partial charge in [0.1, 0.15) is 13.2 Å². The second-order valence-electron chi connectivity index (χ2n) is 19.5. The van der Waals surface area contributed by atoms with Crippen molar-refractivity contribution in [1.29, 1.82) is 0 Å². The smallest absolute Gasteiger partial charge is 0.306 e. The van der Waals surface area contributed by atoms with Crippen LogP contribution in [0.15, 0.2) is 170 Å². The molecule has 0 saturated carbocycles. The van der Waals surface area contributed by atoms with Gasteiger partial charge in [0, 0.05) is 19.3 Å². The van der Waals surface area contributed by atoms with Gasteiger partial charge in [0.15, 0.2) is 6.10 Å². The summed E-state index contributed by atoms with van der Waals surface area (Å²) in [5.74, 6) is -0.987. The van der Waals surface area contributed by atoms with Crippen molar-refractivity contribution in [3.63, 3.8) is 0 Å². The first-order valence-corrected chi connectivity index (χ1v) is 30.6. The fourth-order valence-corrected chi connectivity index (χ4v) is 7.64. The molecular formula is C71H110O6. The Balaban J connectivity index is 4.41. The molecule has 0 aromatic rings. The highest BCUT2D eigenvalue weighted by atomic mass is 16.6. The van der Waals surface area contributed by atoms with Crippen molar-refractivity contribution in [2.24, 2.45) is 0 Å². The lowest BCUT2D eigenvalue weighted by molar-refractivity contribution is -0.167. The minimum atomic E-state index is -0.817. The summed E-state index contributed by atoms with van der Waals surface area (Å²) in [6.45, 7) is 6.30. The molecule has 430 valence electrons. The molecule has 0 heterocycles. The summed E-state index contributed by atoms with van der Waals surface area (Å²) in [5, 5.41) is 0. The molecule has 0 spiro atoms. The standard InChI is InChI=1S/C71H110O6/c1-4-7-10-13-16-19-22-24-26-28-29-30-31-32-33-34-35-36-37-38-39-40-41-43-44-46-49-52-55-58-61-64-70(73)76-67-68(66-75-69(72)63-60-57-54-51-48-21-18-15-12-9-6-3)77-71(74)65-62-59-56-53-50-47-45-42-27-25-23-20-17-14-11-8-5-2/h7-8,10-11,15-20,24-27,29-30,32-33,35-36,38-39,41,43,45-47,49,68H,4-6,9,12-14,21-23,28,31,34,37,40,42,44,48,50-67H2,1-3H3/b10-7-,11-8-,18-15-,19-16-,20-17-,26-24-,27-25-,30-29-,33-32-,36-35-,39-38-,43-41-,47-45-,49-46-. The molecule has 0 aliphatic carbocycles. The fraction of sp³-hybridized carbons (Fsp3) is 0.563. The molecule has 0 aliphatic heterocycles. The molecule has 0 rings (SSSR count). The summed E-state index contributed by atoms with van der Waals surface area (Å²) in [6.07, 6.45) is 93.6. The Hall–Kier alpha value is -5.23. The summed E-state index contributed by atoms with van der Waals surface area (Å²) in [7, 11) is 0. The zero-order chi connectivity index (χ0) is 55.7. The molecule has 0 fully saturated rings. The number of hydrogen-bond donors (Lipinski definition) is 0. The Kier molecular flexibility index (Phi) is 59.0. The first kappa shape index (κ1) is 71.8.